The maximum atomic E-state index is 9.61. The van der Waals surface area contributed by atoms with Crippen LogP contribution in [0.2, 0.25) is 0 Å². The van der Waals surface area contributed by atoms with E-state index in [9.17, 15) is 5.11 Å². The van der Waals surface area contributed by atoms with Crippen molar-refractivity contribution in [2.45, 2.75) is 38.9 Å². The van der Waals surface area contributed by atoms with Crippen LogP contribution in [0.25, 0.3) is 0 Å². The Balaban J connectivity index is 2.58. The number of ether oxygens (including phenoxy) is 2. The first-order valence-corrected chi connectivity index (χ1v) is 5.91. The monoisotopic (exact) mass is 238 g/mol. The van der Waals surface area contributed by atoms with Crippen LogP contribution in [0.15, 0.2) is 24.3 Å². The van der Waals surface area contributed by atoms with Crippen molar-refractivity contribution in [3.8, 4) is 5.75 Å². The summed E-state index contributed by atoms with van der Waals surface area (Å²) in [5.41, 5.74) is 0.641. The molecular weight excluding hydrogens is 216 g/mol. The predicted molar refractivity (Wildman–Crippen MR) is 68.3 cm³/mol. The van der Waals surface area contributed by atoms with E-state index in [0.717, 1.165) is 17.7 Å². The summed E-state index contributed by atoms with van der Waals surface area (Å²) in [6.07, 6.45) is 0.291. The van der Waals surface area contributed by atoms with Crippen molar-refractivity contribution in [3.05, 3.63) is 29.8 Å². The van der Waals surface area contributed by atoms with Gasteiger partial charge in [0.05, 0.1) is 18.3 Å². The second-order valence-electron chi connectivity index (χ2n) is 4.78. The Kier molecular flexibility index (Phi) is 4.97. The molecule has 0 heterocycles. The van der Waals surface area contributed by atoms with E-state index in [0.29, 0.717) is 6.61 Å². The summed E-state index contributed by atoms with van der Waals surface area (Å²) in [5.74, 6) is 0.745. The molecule has 0 fully saturated rings. The van der Waals surface area contributed by atoms with Crippen molar-refractivity contribution in [1.82, 2.24) is 0 Å². The highest BCUT2D eigenvalue weighted by atomic mass is 16.5. The smallest absolute Gasteiger partial charge is 0.125 e. The van der Waals surface area contributed by atoms with E-state index in [1.54, 1.807) is 14.0 Å². The van der Waals surface area contributed by atoms with Crippen molar-refractivity contribution >= 4 is 0 Å². The highest BCUT2D eigenvalue weighted by molar-refractivity contribution is 5.34. The number of para-hydroxylation sites is 1. The van der Waals surface area contributed by atoms with Gasteiger partial charge in [-0.05, 0) is 26.8 Å². The number of hydrogen-bond acceptors (Lipinski definition) is 3. The molecule has 0 aliphatic rings. The maximum Gasteiger partial charge on any atom is 0.125 e. The van der Waals surface area contributed by atoms with E-state index in [2.05, 4.69) is 0 Å². The maximum absolute atomic E-state index is 9.61. The lowest BCUT2D eigenvalue weighted by Gasteiger charge is -2.23. The summed E-state index contributed by atoms with van der Waals surface area (Å²) in [4.78, 5) is 0. The van der Waals surface area contributed by atoms with Crippen LogP contribution in [0.5, 0.6) is 5.75 Å². The van der Waals surface area contributed by atoms with Gasteiger partial charge in [0.2, 0.25) is 0 Å². The van der Waals surface area contributed by atoms with Gasteiger partial charge in [0.15, 0.2) is 0 Å². The van der Waals surface area contributed by atoms with Crippen LogP contribution < -0.4 is 4.74 Å². The van der Waals surface area contributed by atoms with Gasteiger partial charge in [-0.3, -0.25) is 0 Å². The first kappa shape index (κ1) is 14.0. The average Bonchev–Trinajstić information content (AvgIpc) is 2.29. The lowest BCUT2D eigenvalue weighted by Crippen LogP contribution is -2.25. The van der Waals surface area contributed by atoms with E-state index in [4.69, 9.17) is 9.47 Å². The Hall–Kier alpha value is -1.06. The third-order valence-corrected chi connectivity index (χ3v) is 2.88. The van der Waals surface area contributed by atoms with Crippen LogP contribution in [0.3, 0.4) is 0 Å². The van der Waals surface area contributed by atoms with Crippen LogP contribution in [0.4, 0.5) is 0 Å². The zero-order valence-corrected chi connectivity index (χ0v) is 11.1. The molecule has 0 saturated carbocycles. The zero-order valence-electron chi connectivity index (χ0n) is 11.1. The van der Waals surface area contributed by atoms with Gasteiger partial charge in [0.25, 0.3) is 0 Å². The predicted octanol–water partition coefficient (Wildman–Crippen LogP) is 2.93. The third kappa shape index (κ3) is 4.36. The van der Waals surface area contributed by atoms with Crippen molar-refractivity contribution < 1.29 is 14.6 Å². The Morgan fingerprint density at radius 2 is 1.94 bits per heavy atom. The fourth-order valence-corrected chi connectivity index (χ4v) is 1.47. The normalized spacial score (nSPS) is 13.5. The molecule has 1 rings (SSSR count). The van der Waals surface area contributed by atoms with Gasteiger partial charge in [-0.1, -0.05) is 18.2 Å². The van der Waals surface area contributed by atoms with Crippen molar-refractivity contribution in [3.63, 3.8) is 0 Å². The largest absolute Gasteiger partial charge is 0.493 e. The first-order valence-electron chi connectivity index (χ1n) is 5.91. The van der Waals surface area contributed by atoms with Gasteiger partial charge < -0.3 is 14.6 Å². The second-order valence-corrected chi connectivity index (χ2v) is 4.78. The van der Waals surface area contributed by atoms with E-state index < -0.39 is 6.10 Å². The molecule has 3 nitrogen and oxygen atoms in total. The number of aliphatic hydroxyl groups is 1. The summed E-state index contributed by atoms with van der Waals surface area (Å²) in [5, 5.41) is 9.61. The third-order valence-electron chi connectivity index (χ3n) is 2.88. The minimum Gasteiger partial charge on any atom is -0.493 e. The molecule has 17 heavy (non-hydrogen) atoms. The van der Waals surface area contributed by atoms with Gasteiger partial charge in [-0.15, -0.1) is 0 Å². The van der Waals surface area contributed by atoms with Gasteiger partial charge >= 0.3 is 0 Å². The molecule has 1 aromatic carbocycles. The Morgan fingerprint density at radius 1 is 1.29 bits per heavy atom. The molecule has 0 bridgehead atoms. The molecule has 1 aromatic rings. The van der Waals surface area contributed by atoms with Crippen LogP contribution in [-0.4, -0.2) is 24.4 Å². The molecule has 1 atom stereocenters. The van der Waals surface area contributed by atoms with E-state index in [1.807, 2.05) is 38.1 Å². The van der Waals surface area contributed by atoms with Crippen molar-refractivity contribution in [2.75, 3.05) is 13.7 Å². The quantitative estimate of drug-likeness (QED) is 0.828. The van der Waals surface area contributed by atoms with Gasteiger partial charge in [0.1, 0.15) is 5.75 Å². The highest BCUT2D eigenvalue weighted by Gasteiger charge is 2.16. The molecule has 3 heteroatoms. The van der Waals surface area contributed by atoms with Gasteiger partial charge in [-0.25, -0.2) is 0 Å². The topological polar surface area (TPSA) is 38.7 Å². The minimum absolute atomic E-state index is 0.181. The Morgan fingerprint density at radius 3 is 2.53 bits per heavy atom. The fraction of sp³-hybridized carbons (Fsp3) is 0.571. The second kappa shape index (κ2) is 6.03. The van der Waals surface area contributed by atoms with E-state index in [-0.39, 0.29) is 5.60 Å². The lowest BCUT2D eigenvalue weighted by atomic mass is 10.1. The summed E-state index contributed by atoms with van der Waals surface area (Å²) in [6.45, 7) is 6.36. The number of methoxy groups -OCH3 is 1. The summed E-state index contributed by atoms with van der Waals surface area (Å²) in [6, 6.07) is 7.56. The first-order chi connectivity index (χ1) is 7.96. The van der Waals surface area contributed by atoms with Crippen molar-refractivity contribution in [2.24, 2.45) is 0 Å². The molecule has 1 N–H and O–H groups in total. The number of hydrogen-bond donors (Lipinski definition) is 1. The Bertz CT molecular complexity index is 345. The molecule has 0 aromatic heterocycles. The zero-order chi connectivity index (χ0) is 12.9. The fourth-order valence-electron chi connectivity index (χ4n) is 1.47. The standard InChI is InChI=1S/C14H22O3/c1-11(15)12-7-5-6-8-13(12)17-10-9-14(2,3)16-4/h5-8,11,15H,9-10H2,1-4H3/t11-/m1/s1. The molecule has 0 amide bonds. The van der Waals surface area contributed by atoms with Gasteiger partial charge in [0, 0.05) is 19.1 Å². The lowest BCUT2D eigenvalue weighted by molar-refractivity contribution is 0.00522. The van der Waals surface area contributed by atoms with Crippen LogP contribution in [0, 0.1) is 0 Å². The van der Waals surface area contributed by atoms with Crippen LogP contribution in [-0.2, 0) is 4.74 Å². The summed E-state index contributed by atoms with van der Waals surface area (Å²) >= 11 is 0. The van der Waals surface area contributed by atoms with E-state index >= 15 is 0 Å². The highest BCUT2D eigenvalue weighted by Crippen LogP contribution is 2.25. The molecule has 0 aliphatic carbocycles. The molecule has 0 spiro atoms. The molecular formula is C14H22O3. The summed E-state index contributed by atoms with van der Waals surface area (Å²) in [7, 11) is 1.70. The Labute approximate surface area is 103 Å². The number of benzene rings is 1. The average molecular weight is 238 g/mol. The molecule has 0 radical (unpaired) electrons. The number of rotatable bonds is 6. The summed E-state index contributed by atoms with van der Waals surface area (Å²) < 4.78 is 11.0. The number of aliphatic hydroxyl groups excluding tert-OH is 1. The van der Waals surface area contributed by atoms with Crippen molar-refractivity contribution in [1.29, 1.82) is 0 Å². The molecule has 0 aliphatic heterocycles. The minimum atomic E-state index is -0.512. The van der Waals surface area contributed by atoms with Crippen LogP contribution >= 0.6 is 0 Å². The SMILES string of the molecule is COC(C)(C)CCOc1ccccc1[C@@H](C)O. The molecule has 96 valence electrons. The van der Waals surface area contributed by atoms with Crippen LogP contribution in [0.1, 0.15) is 38.9 Å². The molecule has 0 saturated heterocycles. The van der Waals surface area contributed by atoms with E-state index in [1.165, 1.54) is 0 Å². The molecule has 0 unspecified atom stereocenters. The van der Waals surface area contributed by atoms with Gasteiger partial charge in [-0.2, -0.15) is 0 Å².